The lowest BCUT2D eigenvalue weighted by Gasteiger charge is -2.28. The van der Waals surface area contributed by atoms with Crippen molar-refractivity contribution in [1.29, 1.82) is 0 Å². The molecule has 1 aliphatic carbocycles. The molecule has 3 atom stereocenters. The Hall–Kier alpha value is -0.750. The number of ether oxygens (including phenoxy) is 4. The minimum atomic E-state index is -0.752. The summed E-state index contributed by atoms with van der Waals surface area (Å²) >= 11 is 0. The van der Waals surface area contributed by atoms with Crippen LogP contribution in [0, 0.1) is 0 Å². The largest absolute Gasteiger partial charge is 0.359 e. The highest BCUT2D eigenvalue weighted by Gasteiger charge is 2.51. The Morgan fingerprint density at radius 3 is 2.76 bits per heavy atom. The Morgan fingerprint density at radius 2 is 2.12 bits per heavy atom. The normalized spacial score (nSPS) is 35.6. The molecule has 0 unspecified atom stereocenters. The van der Waals surface area contributed by atoms with Crippen LogP contribution in [0.15, 0.2) is 11.6 Å². The van der Waals surface area contributed by atoms with E-state index in [1.54, 1.807) is 34.0 Å². The molecule has 0 aromatic heterocycles. The van der Waals surface area contributed by atoms with E-state index in [-0.39, 0.29) is 18.7 Å². The Balaban J connectivity index is 2.19. The molecule has 2 aliphatic rings. The van der Waals surface area contributed by atoms with Crippen LogP contribution in [-0.4, -0.2) is 43.8 Å². The van der Waals surface area contributed by atoms with Crippen LogP contribution in [0.3, 0.4) is 0 Å². The second-order valence-electron chi connectivity index (χ2n) is 4.77. The quantitative estimate of drug-likeness (QED) is 0.692. The molecule has 0 saturated carbocycles. The molecule has 5 heteroatoms. The van der Waals surface area contributed by atoms with Crippen LogP contribution in [0.25, 0.3) is 0 Å². The molecule has 0 amide bonds. The van der Waals surface area contributed by atoms with Crippen LogP contribution < -0.4 is 0 Å². The van der Waals surface area contributed by atoms with Gasteiger partial charge in [0, 0.05) is 7.11 Å². The van der Waals surface area contributed by atoms with Crippen molar-refractivity contribution in [1.82, 2.24) is 0 Å². The van der Waals surface area contributed by atoms with Crippen LogP contribution in [0.4, 0.5) is 0 Å². The summed E-state index contributed by atoms with van der Waals surface area (Å²) in [6, 6.07) is 0. The molecule has 0 radical (unpaired) electrons. The summed E-state index contributed by atoms with van der Waals surface area (Å²) in [7, 11) is 1.55. The number of Topliss-reactive ketones (excluding diaryl/α,β-unsaturated/α-hetero) is 1. The smallest absolute Gasteiger partial charge is 0.189 e. The first-order valence-electron chi connectivity index (χ1n) is 5.63. The maximum absolute atomic E-state index is 12.0. The van der Waals surface area contributed by atoms with Gasteiger partial charge in [0.15, 0.2) is 17.7 Å². The number of methoxy groups -OCH3 is 1. The molecular weight excluding hydrogens is 224 g/mol. The molecule has 17 heavy (non-hydrogen) atoms. The van der Waals surface area contributed by atoms with E-state index in [1.165, 1.54) is 0 Å². The van der Waals surface area contributed by atoms with Crippen LogP contribution in [0.5, 0.6) is 0 Å². The summed E-state index contributed by atoms with van der Waals surface area (Å²) in [5.74, 6) is -0.782. The maximum atomic E-state index is 12.0. The highest BCUT2D eigenvalue weighted by molar-refractivity contribution is 6.00. The zero-order valence-electron chi connectivity index (χ0n) is 10.6. The Labute approximate surface area is 101 Å². The zero-order chi connectivity index (χ0) is 12.6. The van der Waals surface area contributed by atoms with Crippen molar-refractivity contribution >= 4 is 5.78 Å². The van der Waals surface area contributed by atoms with E-state index in [0.717, 1.165) is 0 Å². The van der Waals surface area contributed by atoms with E-state index in [0.29, 0.717) is 5.57 Å². The summed E-state index contributed by atoms with van der Waals surface area (Å²) in [6.45, 7) is 5.51. The van der Waals surface area contributed by atoms with E-state index >= 15 is 0 Å². The van der Waals surface area contributed by atoms with Gasteiger partial charge in [-0.2, -0.15) is 0 Å². The summed E-state index contributed by atoms with van der Waals surface area (Å²) in [6.07, 6.45) is 0.500. The molecule has 0 spiro atoms. The summed E-state index contributed by atoms with van der Waals surface area (Å²) in [4.78, 5) is 12.0. The Morgan fingerprint density at radius 1 is 1.41 bits per heavy atom. The first-order chi connectivity index (χ1) is 7.94. The van der Waals surface area contributed by atoms with Gasteiger partial charge < -0.3 is 18.9 Å². The molecule has 0 N–H and O–H groups in total. The van der Waals surface area contributed by atoms with Gasteiger partial charge in [-0.15, -0.1) is 0 Å². The van der Waals surface area contributed by atoms with Gasteiger partial charge in [0.1, 0.15) is 19.0 Å². The molecule has 1 heterocycles. The molecule has 5 nitrogen and oxygen atoms in total. The molecule has 96 valence electrons. The summed E-state index contributed by atoms with van der Waals surface area (Å²) < 4.78 is 21.7. The fourth-order valence-corrected chi connectivity index (χ4v) is 2.17. The predicted molar refractivity (Wildman–Crippen MR) is 59.3 cm³/mol. The summed E-state index contributed by atoms with van der Waals surface area (Å²) in [5, 5.41) is 0. The van der Waals surface area contributed by atoms with Crippen molar-refractivity contribution < 1.29 is 23.7 Å². The third kappa shape index (κ3) is 2.42. The van der Waals surface area contributed by atoms with Crippen molar-refractivity contribution in [2.24, 2.45) is 0 Å². The van der Waals surface area contributed by atoms with Gasteiger partial charge >= 0.3 is 0 Å². The monoisotopic (exact) mass is 242 g/mol. The molecule has 1 fully saturated rings. The number of carbonyl (C=O) groups excluding carboxylic acids is 1. The van der Waals surface area contributed by atoms with Crippen molar-refractivity contribution in [3.8, 4) is 0 Å². The first-order valence-corrected chi connectivity index (χ1v) is 5.63. The number of hydrogen-bond donors (Lipinski definition) is 0. The van der Waals surface area contributed by atoms with Crippen LogP contribution in [0.2, 0.25) is 0 Å². The third-order valence-electron chi connectivity index (χ3n) is 2.89. The molecular formula is C12H18O5. The summed E-state index contributed by atoms with van der Waals surface area (Å²) in [5.41, 5.74) is 0.647. The van der Waals surface area contributed by atoms with Crippen molar-refractivity contribution in [2.45, 2.75) is 44.9 Å². The Kier molecular flexibility index (Phi) is 3.36. The number of hydrogen-bond acceptors (Lipinski definition) is 5. The number of carbonyl (C=O) groups is 1. The average molecular weight is 242 g/mol. The second-order valence-corrected chi connectivity index (χ2v) is 4.77. The first kappa shape index (κ1) is 12.7. The minimum Gasteiger partial charge on any atom is -0.359 e. The topological polar surface area (TPSA) is 54.0 Å². The van der Waals surface area contributed by atoms with Gasteiger partial charge in [-0.1, -0.05) is 0 Å². The van der Waals surface area contributed by atoms with E-state index in [4.69, 9.17) is 18.9 Å². The SMILES string of the molecule is COCO[C@H]1C=C(C)C(=O)[C@@H]2OC(C)(C)O[C@@H]12. The average Bonchev–Trinajstić information content (AvgIpc) is 2.58. The van der Waals surface area contributed by atoms with E-state index < -0.39 is 18.0 Å². The molecule has 0 aromatic carbocycles. The molecule has 0 aromatic rings. The van der Waals surface area contributed by atoms with Gasteiger partial charge in [-0.25, -0.2) is 0 Å². The van der Waals surface area contributed by atoms with Crippen LogP contribution >= 0.6 is 0 Å². The highest BCUT2D eigenvalue weighted by atomic mass is 16.8. The van der Waals surface area contributed by atoms with Gasteiger partial charge in [-0.05, 0) is 32.4 Å². The fraction of sp³-hybridized carbons (Fsp3) is 0.750. The lowest BCUT2D eigenvalue weighted by atomic mass is 9.92. The van der Waals surface area contributed by atoms with Gasteiger partial charge in [0.2, 0.25) is 0 Å². The molecule has 2 rings (SSSR count). The number of ketones is 1. The lowest BCUT2D eigenvalue weighted by molar-refractivity contribution is -0.163. The van der Waals surface area contributed by atoms with Gasteiger partial charge in [0.25, 0.3) is 0 Å². The van der Waals surface area contributed by atoms with Crippen LogP contribution in [-0.2, 0) is 23.7 Å². The number of fused-ring (bicyclic) bond motifs is 1. The van der Waals surface area contributed by atoms with Crippen LogP contribution in [0.1, 0.15) is 20.8 Å². The number of rotatable bonds is 3. The van der Waals surface area contributed by atoms with Crippen molar-refractivity contribution in [3.63, 3.8) is 0 Å². The van der Waals surface area contributed by atoms with Crippen molar-refractivity contribution in [3.05, 3.63) is 11.6 Å². The lowest BCUT2D eigenvalue weighted by Crippen LogP contribution is -2.45. The van der Waals surface area contributed by atoms with Gasteiger partial charge in [0.05, 0.1) is 0 Å². The van der Waals surface area contributed by atoms with E-state index in [2.05, 4.69) is 0 Å². The third-order valence-corrected chi connectivity index (χ3v) is 2.89. The molecule has 1 saturated heterocycles. The highest BCUT2D eigenvalue weighted by Crippen LogP contribution is 2.35. The Bertz CT molecular complexity index is 347. The predicted octanol–water partition coefficient (Wildman–Crippen LogP) is 1.02. The fourth-order valence-electron chi connectivity index (χ4n) is 2.17. The van der Waals surface area contributed by atoms with E-state index in [9.17, 15) is 4.79 Å². The maximum Gasteiger partial charge on any atom is 0.189 e. The molecule has 1 aliphatic heterocycles. The zero-order valence-corrected chi connectivity index (χ0v) is 10.6. The standard InChI is InChI=1S/C12H18O5/c1-7-5-8(15-6-14-4)10-11(9(7)13)17-12(2,3)16-10/h5,8,10-11H,6H2,1-4H3/t8-,10-,11-/m0/s1. The molecule has 0 bridgehead atoms. The van der Waals surface area contributed by atoms with E-state index in [1.807, 2.05) is 0 Å². The van der Waals surface area contributed by atoms with Gasteiger partial charge in [-0.3, -0.25) is 4.79 Å². The second kappa shape index (κ2) is 4.49. The van der Waals surface area contributed by atoms with Crippen molar-refractivity contribution in [2.75, 3.05) is 13.9 Å². The minimum absolute atomic E-state index is 0.0298.